The van der Waals surface area contributed by atoms with Crippen molar-refractivity contribution in [1.82, 2.24) is 0 Å². The van der Waals surface area contributed by atoms with Gasteiger partial charge in [-0.05, 0) is 41.7 Å². The Labute approximate surface area is 134 Å². The third-order valence-corrected chi connectivity index (χ3v) is 5.14. The number of anilines is 1. The van der Waals surface area contributed by atoms with Gasteiger partial charge in [0.15, 0.2) is 0 Å². The Bertz CT molecular complexity index is 706. The second-order valence-electron chi connectivity index (χ2n) is 5.73. The first-order chi connectivity index (χ1) is 10.2. The molecule has 106 valence electrons. The highest BCUT2D eigenvalue weighted by Crippen LogP contribution is 2.51. The summed E-state index contributed by atoms with van der Waals surface area (Å²) < 4.78 is 0. The fourth-order valence-corrected chi connectivity index (χ4v) is 3.95. The largest absolute Gasteiger partial charge is 0.376 e. The summed E-state index contributed by atoms with van der Waals surface area (Å²) in [5.74, 6) is 0.984. The minimum atomic E-state index is 0.273. The lowest BCUT2D eigenvalue weighted by atomic mass is 9.77. The number of para-hydroxylation sites is 1. The lowest BCUT2D eigenvalue weighted by Gasteiger charge is -2.38. The molecule has 2 aromatic carbocycles. The standard InChI is InChI=1S/C18H15Cl2N/c19-12-9-7-11(8-10-12)17-14-4-1-3-13(14)15-5-2-6-16(20)18(15)21-17/h1-3,5-10,13-14,17,21H,4H2/t13-,14+,17+/m1/s1. The summed E-state index contributed by atoms with van der Waals surface area (Å²) >= 11 is 12.4. The van der Waals surface area contributed by atoms with Gasteiger partial charge in [-0.1, -0.05) is 59.6 Å². The maximum Gasteiger partial charge on any atom is 0.0640 e. The molecule has 0 radical (unpaired) electrons. The number of hydrogen-bond donors (Lipinski definition) is 1. The molecule has 4 rings (SSSR count). The van der Waals surface area contributed by atoms with Crippen LogP contribution in [0.4, 0.5) is 5.69 Å². The average Bonchev–Trinajstić information content (AvgIpc) is 2.98. The van der Waals surface area contributed by atoms with Crippen LogP contribution in [0.3, 0.4) is 0 Å². The molecule has 1 heterocycles. The van der Waals surface area contributed by atoms with Crippen molar-refractivity contribution in [1.29, 1.82) is 0 Å². The molecule has 0 spiro atoms. The highest BCUT2D eigenvalue weighted by Gasteiger charge is 2.38. The van der Waals surface area contributed by atoms with E-state index >= 15 is 0 Å². The van der Waals surface area contributed by atoms with Gasteiger partial charge in [-0.15, -0.1) is 0 Å². The molecule has 0 bridgehead atoms. The van der Waals surface area contributed by atoms with Crippen LogP contribution in [0.5, 0.6) is 0 Å². The van der Waals surface area contributed by atoms with Gasteiger partial charge in [-0.3, -0.25) is 0 Å². The number of halogens is 2. The molecular formula is C18H15Cl2N. The normalized spacial score (nSPS) is 26.1. The molecule has 2 aliphatic rings. The van der Waals surface area contributed by atoms with E-state index in [9.17, 15) is 0 Å². The molecule has 1 N–H and O–H groups in total. The van der Waals surface area contributed by atoms with Crippen LogP contribution in [0.15, 0.2) is 54.6 Å². The Morgan fingerprint density at radius 2 is 1.81 bits per heavy atom. The summed E-state index contributed by atoms with van der Waals surface area (Å²) in [5.41, 5.74) is 3.65. The molecule has 0 fully saturated rings. The first kappa shape index (κ1) is 13.2. The van der Waals surface area contributed by atoms with Gasteiger partial charge >= 0.3 is 0 Å². The fraction of sp³-hybridized carbons (Fsp3) is 0.222. The van der Waals surface area contributed by atoms with Crippen molar-refractivity contribution < 1.29 is 0 Å². The fourth-order valence-electron chi connectivity index (χ4n) is 3.58. The Balaban J connectivity index is 1.81. The average molecular weight is 316 g/mol. The van der Waals surface area contributed by atoms with Crippen LogP contribution in [-0.2, 0) is 0 Å². The first-order valence-corrected chi connectivity index (χ1v) is 7.97. The maximum atomic E-state index is 6.40. The first-order valence-electron chi connectivity index (χ1n) is 7.21. The van der Waals surface area contributed by atoms with Crippen molar-refractivity contribution in [2.75, 3.05) is 5.32 Å². The molecule has 0 saturated heterocycles. The van der Waals surface area contributed by atoms with Gasteiger partial charge < -0.3 is 5.32 Å². The molecule has 1 aliphatic carbocycles. The van der Waals surface area contributed by atoms with Crippen LogP contribution in [0.2, 0.25) is 10.0 Å². The van der Waals surface area contributed by atoms with Crippen LogP contribution < -0.4 is 5.32 Å². The second-order valence-corrected chi connectivity index (χ2v) is 6.57. The lowest BCUT2D eigenvalue weighted by Crippen LogP contribution is -2.29. The predicted molar refractivity (Wildman–Crippen MR) is 89.3 cm³/mol. The van der Waals surface area contributed by atoms with Crippen molar-refractivity contribution in [3.8, 4) is 0 Å². The third-order valence-electron chi connectivity index (χ3n) is 4.58. The monoisotopic (exact) mass is 315 g/mol. The molecule has 1 nitrogen and oxygen atoms in total. The van der Waals surface area contributed by atoms with E-state index in [0.29, 0.717) is 11.8 Å². The van der Waals surface area contributed by atoms with Crippen molar-refractivity contribution in [2.45, 2.75) is 18.4 Å². The van der Waals surface area contributed by atoms with Gasteiger partial charge in [-0.25, -0.2) is 0 Å². The number of benzene rings is 2. The van der Waals surface area contributed by atoms with E-state index in [4.69, 9.17) is 23.2 Å². The van der Waals surface area contributed by atoms with E-state index in [1.807, 2.05) is 24.3 Å². The molecule has 0 saturated carbocycles. The molecule has 0 amide bonds. The quantitative estimate of drug-likeness (QED) is 0.654. The molecular weight excluding hydrogens is 301 g/mol. The molecule has 21 heavy (non-hydrogen) atoms. The van der Waals surface area contributed by atoms with Gasteiger partial charge in [0.25, 0.3) is 0 Å². The van der Waals surface area contributed by atoms with Gasteiger partial charge in [0.05, 0.1) is 16.8 Å². The zero-order valence-electron chi connectivity index (χ0n) is 11.4. The third kappa shape index (κ3) is 2.16. The molecule has 3 heteroatoms. The summed E-state index contributed by atoms with van der Waals surface area (Å²) in [7, 11) is 0. The zero-order valence-corrected chi connectivity index (χ0v) is 12.9. The van der Waals surface area contributed by atoms with Crippen LogP contribution in [0, 0.1) is 5.92 Å². The smallest absolute Gasteiger partial charge is 0.0640 e. The van der Waals surface area contributed by atoms with E-state index in [2.05, 4.69) is 35.7 Å². The van der Waals surface area contributed by atoms with Crippen molar-refractivity contribution in [3.05, 3.63) is 75.8 Å². The second kappa shape index (κ2) is 5.08. The van der Waals surface area contributed by atoms with Gasteiger partial charge in [-0.2, -0.15) is 0 Å². The maximum absolute atomic E-state index is 6.40. The Morgan fingerprint density at radius 3 is 2.62 bits per heavy atom. The summed E-state index contributed by atoms with van der Waals surface area (Å²) in [5, 5.41) is 5.23. The minimum Gasteiger partial charge on any atom is -0.376 e. The molecule has 1 aliphatic heterocycles. The van der Waals surface area contributed by atoms with Crippen molar-refractivity contribution in [3.63, 3.8) is 0 Å². The Hall–Kier alpha value is -1.44. The summed E-state index contributed by atoms with van der Waals surface area (Å²) in [6.07, 6.45) is 5.70. The van der Waals surface area contributed by atoms with Crippen LogP contribution in [-0.4, -0.2) is 0 Å². The number of fused-ring (bicyclic) bond motifs is 3. The van der Waals surface area contributed by atoms with Crippen molar-refractivity contribution >= 4 is 28.9 Å². The number of allylic oxidation sites excluding steroid dienone is 2. The SMILES string of the molecule is Clc1ccc([C@@H]2Nc3c(Cl)cccc3[C@@H]3C=CC[C@@H]32)cc1. The van der Waals surface area contributed by atoms with Gasteiger partial charge in [0.1, 0.15) is 0 Å². The van der Waals surface area contributed by atoms with Gasteiger partial charge in [0.2, 0.25) is 0 Å². The van der Waals surface area contributed by atoms with E-state index in [1.165, 1.54) is 11.1 Å². The minimum absolute atomic E-state index is 0.273. The highest BCUT2D eigenvalue weighted by atomic mass is 35.5. The predicted octanol–water partition coefficient (Wildman–Crippen LogP) is 5.82. The van der Waals surface area contributed by atoms with E-state index < -0.39 is 0 Å². The Morgan fingerprint density at radius 1 is 1.00 bits per heavy atom. The number of rotatable bonds is 1. The summed E-state index contributed by atoms with van der Waals surface area (Å²) in [6.45, 7) is 0. The van der Waals surface area contributed by atoms with Crippen molar-refractivity contribution in [2.24, 2.45) is 5.92 Å². The topological polar surface area (TPSA) is 12.0 Å². The summed E-state index contributed by atoms with van der Waals surface area (Å²) in [4.78, 5) is 0. The van der Waals surface area contributed by atoms with Crippen LogP contribution in [0.25, 0.3) is 0 Å². The highest BCUT2D eigenvalue weighted by molar-refractivity contribution is 6.33. The van der Waals surface area contributed by atoms with E-state index in [1.54, 1.807) is 0 Å². The molecule has 2 aromatic rings. The molecule has 0 aromatic heterocycles. The lowest BCUT2D eigenvalue weighted by molar-refractivity contribution is 0.425. The van der Waals surface area contributed by atoms with E-state index in [0.717, 1.165) is 22.2 Å². The Kier molecular flexibility index (Phi) is 3.20. The van der Waals surface area contributed by atoms with Gasteiger partial charge in [0, 0.05) is 10.9 Å². The number of hydrogen-bond acceptors (Lipinski definition) is 1. The van der Waals surface area contributed by atoms with Crippen LogP contribution in [0.1, 0.15) is 29.5 Å². The molecule has 3 atom stereocenters. The number of nitrogens with one attached hydrogen (secondary N) is 1. The zero-order chi connectivity index (χ0) is 14.4. The molecule has 0 unspecified atom stereocenters. The van der Waals surface area contributed by atoms with E-state index in [-0.39, 0.29) is 6.04 Å². The summed E-state index contributed by atoms with van der Waals surface area (Å²) in [6, 6.07) is 14.6. The van der Waals surface area contributed by atoms with Crippen LogP contribution >= 0.6 is 23.2 Å².